The van der Waals surface area contributed by atoms with Gasteiger partial charge in [-0.2, -0.15) is 0 Å². The van der Waals surface area contributed by atoms with Crippen molar-refractivity contribution in [3.05, 3.63) is 69.1 Å². The lowest BCUT2D eigenvalue weighted by Crippen LogP contribution is -2.17. The van der Waals surface area contributed by atoms with E-state index in [1.54, 1.807) is 19.1 Å². The molecule has 3 aromatic rings. The zero-order valence-electron chi connectivity index (χ0n) is 18.3. The number of carboxylic acid groups (broad SMARTS) is 1. The maximum atomic E-state index is 12.6. The van der Waals surface area contributed by atoms with Crippen molar-refractivity contribution in [3.63, 3.8) is 0 Å². The maximum absolute atomic E-state index is 12.6. The Morgan fingerprint density at radius 1 is 1.24 bits per heavy atom. The van der Waals surface area contributed by atoms with E-state index in [2.05, 4.69) is 15.3 Å². The van der Waals surface area contributed by atoms with E-state index in [-0.39, 0.29) is 30.1 Å². The van der Waals surface area contributed by atoms with Crippen LogP contribution < -0.4 is 10.3 Å². The maximum Gasteiger partial charge on any atom is 0.303 e. The van der Waals surface area contributed by atoms with Crippen LogP contribution >= 0.6 is 0 Å². The number of azo groups is 1. The Hall–Kier alpha value is -4.14. The van der Waals surface area contributed by atoms with Gasteiger partial charge in [0.25, 0.3) is 5.56 Å². The molecule has 33 heavy (non-hydrogen) atoms. The van der Waals surface area contributed by atoms with Gasteiger partial charge in [0.05, 0.1) is 12.8 Å². The number of rotatable bonds is 8. The second kappa shape index (κ2) is 9.15. The fraction of sp³-hybridized carbons (Fsp3) is 0.250. The third-order valence-corrected chi connectivity index (χ3v) is 5.55. The van der Waals surface area contributed by atoms with Crippen LogP contribution in [-0.4, -0.2) is 33.1 Å². The molecule has 0 bridgehead atoms. The molecule has 0 saturated heterocycles. The van der Waals surface area contributed by atoms with Crippen molar-refractivity contribution in [1.82, 2.24) is 9.78 Å². The number of aryl methyl sites for hydroxylation is 2. The van der Waals surface area contributed by atoms with Crippen molar-refractivity contribution in [2.24, 2.45) is 10.2 Å². The van der Waals surface area contributed by atoms with Gasteiger partial charge in [0.15, 0.2) is 11.4 Å². The molecule has 1 aliphatic carbocycles. The fourth-order valence-electron chi connectivity index (χ4n) is 3.85. The zero-order chi connectivity index (χ0) is 23.5. The van der Waals surface area contributed by atoms with Crippen LogP contribution in [0.3, 0.4) is 0 Å². The number of aliphatic carboxylic acids is 1. The van der Waals surface area contributed by atoms with Gasteiger partial charge in [-0.3, -0.25) is 19.4 Å². The molecule has 9 nitrogen and oxygen atoms in total. The molecule has 0 fully saturated rings. The summed E-state index contributed by atoms with van der Waals surface area (Å²) in [6.07, 6.45) is 2.97. The lowest BCUT2D eigenvalue weighted by Gasteiger charge is -2.10. The molecular weight excluding hydrogens is 424 g/mol. The van der Waals surface area contributed by atoms with Gasteiger partial charge in [-0.05, 0) is 42.5 Å². The van der Waals surface area contributed by atoms with Gasteiger partial charge in [0.1, 0.15) is 11.4 Å². The highest BCUT2D eigenvalue weighted by molar-refractivity contribution is 5.92. The molecule has 1 aromatic heterocycles. The molecule has 170 valence electrons. The van der Waals surface area contributed by atoms with Crippen molar-refractivity contribution in [1.29, 1.82) is 0 Å². The molecule has 1 aliphatic rings. The minimum Gasteiger partial charge on any atom is -0.505 e. The topological polar surface area (TPSA) is 129 Å². The van der Waals surface area contributed by atoms with Crippen molar-refractivity contribution in [3.8, 4) is 11.5 Å². The molecule has 2 aromatic carbocycles. The van der Waals surface area contributed by atoms with Crippen molar-refractivity contribution in [2.75, 3.05) is 7.11 Å². The summed E-state index contributed by atoms with van der Waals surface area (Å²) in [6, 6.07) is 11.3. The summed E-state index contributed by atoms with van der Waals surface area (Å²) >= 11 is 0. The average Bonchev–Trinajstić information content (AvgIpc) is 3.33. The van der Waals surface area contributed by atoms with Gasteiger partial charge < -0.3 is 14.9 Å². The van der Waals surface area contributed by atoms with E-state index in [1.807, 2.05) is 30.3 Å². The molecule has 9 heteroatoms. The number of H-pyrrole nitrogens is 1. The molecule has 0 aliphatic heterocycles. The van der Waals surface area contributed by atoms with Gasteiger partial charge in [-0.25, -0.2) is 0 Å². The quantitative estimate of drug-likeness (QED) is 0.435. The minimum atomic E-state index is -0.920. The van der Waals surface area contributed by atoms with Gasteiger partial charge in [-0.1, -0.05) is 30.3 Å². The Balaban J connectivity index is 1.64. The van der Waals surface area contributed by atoms with Crippen LogP contribution in [0.2, 0.25) is 0 Å². The highest BCUT2D eigenvalue weighted by Crippen LogP contribution is 2.43. The summed E-state index contributed by atoms with van der Waals surface area (Å²) in [4.78, 5) is 23.3. The Labute approximate surface area is 189 Å². The van der Waals surface area contributed by atoms with Gasteiger partial charge in [0, 0.05) is 24.6 Å². The van der Waals surface area contributed by atoms with Crippen LogP contribution in [0.1, 0.15) is 35.2 Å². The molecule has 4 rings (SSSR count). The van der Waals surface area contributed by atoms with Crippen molar-refractivity contribution >= 4 is 29.0 Å². The van der Waals surface area contributed by atoms with E-state index in [4.69, 9.17) is 9.84 Å². The summed E-state index contributed by atoms with van der Waals surface area (Å²) in [5.74, 6) is -0.463. The lowest BCUT2D eigenvalue weighted by atomic mass is 10.0. The number of hydrogen-bond donors (Lipinski definition) is 3. The second-order valence-corrected chi connectivity index (χ2v) is 7.83. The van der Waals surface area contributed by atoms with E-state index >= 15 is 0 Å². The summed E-state index contributed by atoms with van der Waals surface area (Å²) < 4.78 is 6.70. The molecule has 0 unspecified atom stereocenters. The van der Waals surface area contributed by atoms with E-state index in [0.717, 1.165) is 11.1 Å². The van der Waals surface area contributed by atoms with Crippen LogP contribution in [0.25, 0.3) is 11.6 Å². The van der Waals surface area contributed by atoms with Crippen LogP contribution in [0.15, 0.2) is 51.4 Å². The number of methoxy groups -OCH3 is 1. The smallest absolute Gasteiger partial charge is 0.303 e. The Morgan fingerprint density at radius 3 is 2.76 bits per heavy atom. The SMILES string of the molecule is COc1cc(N=Nc2c(C)[nH]n(CCCC(=O)O)c2=O)c(O)c(C2=Cc3ccccc3C2)c1. The molecule has 0 amide bonds. The van der Waals surface area contributed by atoms with Gasteiger partial charge >= 0.3 is 5.97 Å². The molecule has 1 heterocycles. The number of nitrogens with zero attached hydrogens (tertiary/aromatic N) is 3. The predicted molar refractivity (Wildman–Crippen MR) is 124 cm³/mol. The number of nitrogens with one attached hydrogen (secondary N) is 1. The number of aromatic amines is 1. The summed E-state index contributed by atoms with van der Waals surface area (Å²) in [6.45, 7) is 1.91. The first-order chi connectivity index (χ1) is 15.9. The molecule has 0 spiro atoms. The number of allylic oxidation sites excluding steroid dienone is 1. The number of phenols is 1. The van der Waals surface area contributed by atoms with E-state index in [1.165, 1.54) is 17.4 Å². The molecule has 0 saturated carbocycles. The van der Waals surface area contributed by atoms with Crippen LogP contribution in [-0.2, 0) is 17.8 Å². The monoisotopic (exact) mass is 448 g/mol. The number of aromatic hydroxyl groups is 1. The number of fused-ring (bicyclic) bond motifs is 1. The highest BCUT2D eigenvalue weighted by Gasteiger charge is 2.20. The Morgan fingerprint density at radius 2 is 2.03 bits per heavy atom. The summed E-state index contributed by atoms with van der Waals surface area (Å²) in [5, 5.41) is 30.9. The van der Waals surface area contributed by atoms with E-state index < -0.39 is 11.5 Å². The number of hydrogen-bond acceptors (Lipinski definition) is 6. The normalized spacial score (nSPS) is 12.7. The number of carboxylic acids is 1. The number of aromatic nitrogens is 2. The number of benzene rings is 2. The number of ether oxygens (including phenoxy) is 1. The second-order valence-electron chi connectivity index (χ2n) is 7.83. The zero-order valence-corrected chi connectivity index (χ0v) is 18.3. The Kier molecular flexibility index (Phi) is 6.12. The van der Waals surface area contributed by atoms with Crippen molar-refractivity contribution in [2.45, 2.75) is 32.7 Å². The Bertz CT molecular complexity index is 1330. The first kappa shape index (κ1) is 22.1. The highest BCUT2D eigenvalue weighted by atomic mass is 16.5. The third kappa shape index (κ3) is 4.57. The van der Waals surface area contributed by atoms with Crippen LogP contribution in [0.5, 0.6) is 11.5 Å². The van der Waals surface area contributed by atoms with Gasteiger partial charge in [-0.15, -0.1) is 10.2 Å². The molecule has 0 radical (unpaired) electrons. The molecular formula is C24H24N4O5. The van der Waals surface area contributed by atoms with Crippen LogP contribution in [0.4, 0.5) is 11.4 Å². The predicted octanol–water partition coefficient (Wildman–Crippen LogP) is 4.58. The largest absolute Gasteiger partial charge is 0.505 e. The average molecular weight is 448 g/mol. The summed E-state index contributed by atoms with van der Waals surface area (Å²) in [7, 11) is 1.53. The molecule has 3 N–H and O–H groups in total. The number of phenolic OH excluding ortho intramolecular Hbond substituents is 1. The first-order valence-electron chi connectivity index (χ1n) is 10.5. The summed E-state index contributed by atoms with van der Waals surface area (Å²) in [5.41, 5.74) is 4.17. The van der Waals surface area contributed by atoms with Crippen molar-refractivity contribution < 1.29 is 19.7 Å². The van der Waals surface area contributed by atoms with E-state index in [9.17, 15) is 14.7 Å². The first-order valence-corrected chi connectivity index (χ1v) is 10.5. The fourth-order valence-corrected chi connectivity index (χ4v) is 3.85. The lowest BCUT2D eigenvalue weighted by molar-refractivity contribution is -0.137. The van der Waals surface area contributed by atoms with Crippen LogP contribution in [0, 0.1) is 6.92 Å². The standard InChI is InChI=1S/C24H24N4O5/c1-14-22(24(32)28(27-14)9-5-8-21(29)30)26-25-20-13-18(33-2)12-19(23(20)31)17-10-15-6-3-4-7-16(15)11-17/h3-4,6-7,10,12-13,27,31H,5,8-9,11H2,1-2H3,(H,29,30). The third-order valence-electron chi connectivity index (χ3n) is 5.55. The molecule has 0 atom stereocenters. The van der Waals surface area contributed by atoms with E-state index in [0.29, 0.717) is 29.8 Å². The van der Waals surface area contributed by atoms with Gasteiger partial charge in [0.2, 0.25) is 0 Å². The minimum absolute atomic E-state index is 0.0401. The number of carbonyl (C=O) groups is 1.